The molecular weight excluding hydrogens is 184 g/mol. The molecule has 1 unspecified atom stereocenters. The van der Waals surface area contributed by atoms with E-state index in [0.29, 0.717) is 6.61 Å². The third-order valence-electron chi connectivity index (χ3n) is 3.03. The van der Waals surface area contributed by atoms with Crippen molar-refractivity contribution in [2.45, 2.75) is 18.3 Å². The zero-order chi connectivity index (χ0) is 9.05. The Balaban J connectivity index is 2.18. The summed E-state index contributed by atoms with van der Waals surface area (Å²) >= 11 is 0. The third-order valence-corrected chi connectivity index (χ3v) is 3.77. The summed E-state index contributed by atoms with van der Waals surface area (Å²) in [5, 5.41) is 1.22. The molecule has 2 aliphatic rings. The van der Waals surface area contributed by atoms with Crippen LogP contribution in [0.5, 0.6) is 0 Å². The van der Waals surface area contributed by atoms with Gasteiger partial charge in [0.15, 0.2) is 0 Å². The van der Waals surface area contributed by atoms with Crippen LogP contribution in [0.15, 0.2) is 10.5 Å². The van der Waals surface area contributed by atoms with Gasteiger partial charge in [-0.05, 0) is 11.3 Å². The Labute approximate surface area is 78.5 Å². The average Bonchev–Trinajstić information content (AvgIpc) is 2.69. The Morgan fingerprint density at radius 1 is 1.54 bits per heavy atom. The summed E-state index contributed by atoms with van der Waals surface area (Å²) < 4.78 is 10.6. The fourth-order valence-corrected chi connectivity index (χ4v) is 3.32. The monoisotopic (exact) mass is 194 g/mol. The van der Waals surface area contributed by atoms with Gasteiger partial charge in [0.05, 0.1) is 6.61 Å². The van der Waals surface area contributed by atoms with E-state index in [9.17, 15) is 4.79 Å². The molecule has 68 valence electrons. The lowest BCUT2D eigenvalue weighted by molar-refractivity contribution is -0.142. The zero-order valence-electron chi connectivity index (χ0n) is 7.42. The molecule has 3 nitrogen and oxygen atoms in total. The standard InChI is InChI=1S/C9H10O3Si/c10-8-9(1-2-11-8)4-5-3-6(13)7(9)12-5/h3H,1-2,4H2,13H3. The van der Waals surface area contributed by atoms with E-state index < -0.39 is 5.41 Å². The largest absolute Gasteiger partial charge is 0.465 e. The van der Waals surface area contributed by atoms with Gasteiger partial charge in [0.25, 0.3) is 0 Å². The summed E-state index contributed by atoms with van der Waals surface area (Å²) in [4.78, 5) is 11.6. The van der Waals surface area contributed by atoms with Gasteiger partial charge in [0.2, 0.25) is 0 Å². The lowest BCUT2D eigenvalue weighted by atomic mass is 9.79. The molecule has 4 heteroatoms. The van der Waals surface area contributed by atoms with Gasteiger partial charge in [-0.25, -0.2) is 0 Å². The van der Waals surface area contributed by atoms with Crippen molar-refractivity contribution in [3.05, 3.63) is 17.6 Å². The maximum Gasteiger partial charge on any atom is 0.320 e. The summed E-state index contributed by atoms with van der Waals surface area (Å²) in [6, 6.07) is 2.07. The third kappa shape index (κ3) is 0.721. The Morgan fingerprint density at radius 3 is 2.92 bits per heavy atom. The molecular formula is C9H10O3Si. The number of hydrogen-bond donors (Lipinski definition) is 0. The van der Waals surface area contributed by atoms with Crippen LogP contribution in [-0.4, -0.2) is 22.8 Å². The molecule has 1 fully saturated rings. The van der Waals surface area contributed by atoms with Gasteiger partial charge < -0.3 is 9.15 Å². The molecule has 2 bridgehead atoms. The van der Waals surface area contributed by atoms with Crippen molar-refractivity contribution >= 4 is 21.4 Å². The summed E-state index contributed by atoms with van der Waals surface area (Å²) in [6.45, 7) is 0.549. The number of ether oxygens (including phenoxy) is 1. The van der Waals surface area contributed by atoms with Gasteiger partial charge in [-0.3, -0.25) is 4.79 Å². The second kappa shape index (κ2) is 2.07. The Bertz CT molecular complexity index is 396. The van der Waals surface area contributed by atoms with E-state index in [-0.39, 0.29) is 5.97 Å². The van der Waals surface area contributed by atoms with Crippen molar-refractivity contribution in [2.24, 2.45) is 0 Å². The molecule has 0 radical (unpaired) electrons. The lowest BCUT2D eigenvalue weighted by Gasteiger charge is -2.18. The molecule has 1 spiro atoms. The molecule has 1 saturated heterocycles. The van der Waals surface area contributed by atoms with Crippen LogP contribution >= 0.6 is 0 Å². The van der Waals surface area contributed by atoms with Crippen molar-refractivity contribution in [3.63, 3.8) is 0 Å². The van der Waals surface area contributed by atoms with Crippen molar-refractivity contribution in [3.8, 4) is 0 Å². The second-order valence-corrected chi connectivity index (χ2v) is 4.95. The van der Waals surface area contributed by atoms with E-state index in [1.165, 1.54) is 5.19 Å². The summed E-state index contributed by atoms with van der Waals surface area (Å²) in [5.74, 6) is 1.77. The molecule has 0 N–H and O–H groups in total. The highest BCUT2D eigenvalue weighted by atomic mass is 28.1. The fraction of sp³-hybridized carbons (Fsp3) is 0.444. The quantitative estimate of drug-likeness (QED) is 0.393. The highest BCUT2D eigenvalue weighted by Gasteiger charge is 2.53. The van der Waals surface area contributed by atoms with Gasteiger partial charge in [-0.1, -0.05) is 0 Å². The van der Waals surface area contributed by atoms with Crippen LogP contribution in [0.2, 0.25) is 0 Å². The molecule has 3 rings (SSSR count). The van der Waals surface area contributed by atoms with Gasteiger partial charge >= 0.3 is 5.97 Å². The molecule has 1 aromatic rings. The number of cyclic esters (lactones) is 1. The summed E-state index contributed by atoms with van der Waals surface area (Å²) in [6.07, 6.45) is 1.52. The number of fused-ring (bicyclic) bond motifs is 3. The molecule has 0 amide bonds. The minimum absolute atomic E-state index is 0.0843. The molecule has 1 aromatic heterocycles. The van der Waals surface area contributed by atoms with E-state index in [1.54, 1.807) is 0 Å². The van der Waals surface area contributed by atoms with Crippen LogP contribution in [0.25, 0.3) is 0 Å². The van der Waals surface area contributed by atoms with E-state index in [4.69, 9.17) is 9.15 Å². The van der Waals surface area contributed by atoms with Crippen molar-refractivity contribution in [2.75, 3.05) is 6.61 Å². The normalized spacial score (nSPS) is 30.3. The smallest absolute Gasteiger partial charge is 0.320 e. The van der Waals surface area contributed by atoms with Crippen LogP contribution in [0, 0.1) is 0 Å². The number of carbonyl (C=O) groups excluding carboxylic acids is 1. The summed E-state index contributed by atoms with van der Waals surface area (Å²) in [7, 11) is 0.946. The Kier molecular flexibility index (Phi) is 1.17. The van der Waals surface area contributed by atoms with Gasteiger partial charge in [0.1, 0.15) is 16.9 Å². The molecule has 13 heavy (non-hydrogen) atoms. The molecule has 0 aromatic carbocycles. The predicted octanol–water partition coefficient (Wildman–Crippen LogP) is -0.989. The molecule has 2 aliphatic heterocycles. The van der Waals surface area contributed by atoms with Crippen LogP contribution < -0.4 is 5.19 Å². The first-order chi connectivity index (χ1) is 6.22. The number of hydrogen-bond acceptors (Lipinski definition) is 3. The van der Waals surface area contributed by atoms with Crippen molar-refractivity contribution < 1.29 is 13.9 Å². The van der Waals surface area contributed by atoms with Crippen LogP contribution in [0.1, 0.15) is 17.9 Å². The van der Waals surface area contributed by atoms with E-state index in [0.717, 1.165) is 34.6 Å². The maximum atomic E-state index is 11.6. The summed E-state index contributed by atoms with van der Waals surface area (Å²) in [5.41, 5.74) is -0.402. The van der Waals surface area contributed by atoms with Crippen molar-refractivity contribution in [1.29, 1.82) is 0 Å². The van der Waals surface area contributed by atoms with E-state index in [1.807, 2.05) is 0 Å². The molecule has 1 atom stereocenters. The maximum absolute atomic E-state index is 11.6. The first kappa shape index (κ1) is 7.38. The number of rotatable bonds is 0. The van der Waals surface area contributed by atoms with Crippen LogP contribution in [0.3, 0.4) is 0 Å². The van der Waals surface area contributed by atoms with Gasteiger partial charge in [-0.2, -0.15) is 0 Å². The lowest BCUT2D eigenvalue weighted by Crippen LogP contribution is -2.36. The molecule has 0 aliphatic carbocycles. The van der Waals surface area contributed by atoms with E-state index in [2.05, 4.69) is 6.07 Å². The second-order valence-electron chi connectivity index (χ2n) is 3.87. The average molecular weight is 194 g/mol. The van der Waals surface area contributed by atoms with Gasteiger partial charge in [0, 0.05) is 23.1 Å². The SMILES string of the molecule is O=C1OCCC12Cc1cc([SiH3])c2o1. The highest BCUT2D eigenvalue weighted by Crippen LogP contribution is 2.42. The number of carbonyl (C=O) groups is 1. The molecule has 0 saturated carbocycles. The predicted molar refractivity (Wildman–Crippen MR) is 49.2 cm³/mol. The van der Waals surface area contributed by atoms with Crippen LogP contribution in [0.4, 0.5) is 0 Å². The van der Waals surface area contributed by atoms with E-state index >= 15 is 0 Å². The fourth-order valence-electron chi connectivity index (χ4n) is 2.41. The first-order valence-electron chi connectivity index (χ1n) is 4.49. The zero-order valence-corrected chi connectivity index (χ0v) is 9.42. The number of esters is 1. The topological polar surface area (TPSA) is 39.4 Å². The minimum Gasteiger partial charge on any atom is -0.465 e. The molecule has 3 heterocycles. The minimum atomic E-state index is -0.402. The van der Waals surface area contributed by atoms with Crippen LogP contribution in [-0.2, 0) is 21.4 Å². The highest BCUT2D eigenvalue weighted by molar-refractivity contribution is 6.34. The van der Waals surface area contributed by atoms with Gasteiger partial charge in [-0.15, -0.1) is 0 Å². The Morgan fingerprint density at radius 2 is 2.38 bits per heavy atom. The van der Waals surface area contributed by atoms with Crippen molar-refractivity contribution in [1.82, 2.24) is 0 Å². The first-order valence-corrected chi connectivity index (χ1v) is 5.49. The number of furan rings is 1. The Hall–Kier alpha value is -1.03.